The Labute approximate surface area is 167 Å². The summed E-state index contributed by atoms with van der Waals surface area (Å²) in [6.07, 6.45) is 0.307. The number of carboxylic acid groups (broad SMARTS) is 1. The molecule has 1 heterocycles. The zero-order valence-electron chi connectivity index (χ0n) is 16.1. The molecule has 0 spiro atoms. The Kier molecular flexibility index (Phi) is 5.65. The molecule has 0 saturated heterocycles. The first kappa shape index (κ1) is 20.1. The second-order valence-corrected chi connectivity index (χ2v) is 6.84. The predicted octanol–water partition coefficient (Wildman–Crippen LogP) is 2.36. The van der Waals surface area contributed by atoms with E-state index >= 15 is 0 Å². The van der Waals surface area contributed by atoms with Gasteiger partial charge in [0.2, 0.25) is 11.8 Å². The Bertz CT molecular complexity index is 1090. The highest BCUT2D eigenvalue weighted by atomic mass is 16.4. The molecule has 3 aromatic rings. The molecular weight excluding hydrogens is 372 g/mol. The monoisotopic (exact) mass is 394 g/mol. The number of carbonyl (C=O) groups excluding carboxylic acids is 2. The molecule has 0 fully saturated rings. The molecule has 0 bridgehead atoms. The number of benzene rings is 2. The summed E-state index contributed by atoms with van der Waals surface area (Å²) in [5.41, 5.74) is 8.90. The third-order valence-electron chi connectivity index (χ3n) is 4.68. The van der Waals surface area contributed by atoms with Gasteiger partial charge in [-0.3, -0.25) is 9.59 Å². The summed E-state index contributed by atoms with van der Waals surface area (Å²) >= 11 is 0. The summed E-state index contributed by atoms with van der Waals surface area (Å²) in [6, 6.07) is 13.1. The standard InChI is InChI=1S/C21H22N4O4/c1-12(26)25(2)16-5-3-4-13(8-16)9-17(22)20(27)23-15-6-7-18-14(10-15)11-19(24-18)21(28)29/h3-8,10-11,17,24H,9,22H2,1-2H3,(H,23,27)(H,28,29). The zero-order chi connectivity index (χ0) is 21.1. The summed E-state index contributed by atoms with van der Waals surface area (Å²) in [7, 11) is 1.68. The fraction of sp³-hybridized carbons (Fsp3) is 0.190. The number of nitrogens with one attached hydrogen (secondary N) is 2. The van der Waals surface area contributed by atoms with Crippen LogP contribution in [0.15, 0.2) is 48.5 Å². The molecule has 8 nitrogen and oxygen atoms in total. The van der Waals surface area contributed by atoms with Crippen LogP contribution in [0.1, 0.15) is 23.0 Å². The number of aromatic amines is 1. The van der Waals surface area contributed by atoms with Crippen molar-refractivity contribution in [3.8, 4) is 0 Å². The smallest absolute Gasteiger partial charge is 0.352 e. The SMILES string of the molecule is CC(=O)N(C)c1cccc(CC(N)C(=O)Nc2ccc3[nH]c(C(=O)O)cc3c2)c1. The van der Waals surface area contributed by atoms with Gasteiger partial charge in [0.05, 0.1) is 6.04 Å². The number of nitrogens with zero attached hydrogens (tertiary/aromatic N) is 1. The van der Waals surface area contributed by atoms with Gasteiger partial charge in [-0.05, 0) is 48.4 Å². The maximum atomic E-state index is 12.5. The number of amides is 2. The summed E-state index contributed by atoms with van der Waals surface area (Å²) in [5, 5.41) is 12.5. The highest BCUT2D eigenvalue weighted by Gasteiger charge is 2.16. The maximum Gasteiger partial charge on any atom is 0.352 e. The van der Waals surface area contributed by atoms with E-state index in [-0.39, 0.29) is 17.5 Å². The fourth-order valence-corrected chi connectivity index (χ4v) is 2.98. The first-order valence-electron chi connectivity index (χ1n) is 9.00. The molecule has 0 aliphatic heterocycles. The third kappa shape index (κ3) is 4.61. The molecule has 0 radical (unpaired) electrons. The van der Waals surface area contributed by atoms with Crippen LogP contribution in [0, 0.1) is 0 Å². The third-order valence-corrected chi connectivity index (χ3v) is 4.68. The van der Waals surface area contributed by atoms with Crippen LogP contribution >= 0.6 is 0 Å². The van der Waals surface area contributed by atoms with Crippen LogP contribution in [0.2, 0.25) is 0 Å². The van der Waals surface area contributed by atoms with Crippen molar-refractivity contribution in [3.05, 3.63) is 59.8 Å². The first-order chi connectivity index (χ1) is 13.7. The first-order valence-corrected chi connectivity index (χ1v) is 9.00. The maximum absolute atomic E-state index is 12.5. The van der Waals surface area contributed by atoms with Crippen LogP contribution < -0.4 is 16.0 Å². The van der Waals surface area contributed by atoms with Crippen LogP contribution in [0.3, 0.4) is 0 Å². The van der Waals surface area contributed by atoms with Gasteiger partial charge in [0, 0.05) is 36.2 Å². The summed E-state index contributed by atoms with van der Waals surface area (Å²) < 4.78 is 0. The molecule has 1 atom stereocenters. The minimum absolute atomic E-state index is 0.0792. The number of nitrogens with two attached hydrogens (primary N) is 1. The van der Waals surface area contributed by atoms with Crippen molar-refractivity contribution in [2.75, 3.05) is 17.3 Å². The highest BCUT2D eigenvalue weighted by Crippen LogP contribution is 2.21. The van der Waals surface area contributed by atoms with Gasteiger partial charge >= 0.3 is 5.97 Å². The van der Waals surface area contributed by atoms with Crippen LogP contribution in [-0.4, -0.2) is 41.0 Å². The molecule has 3 rings (SSSR count). The van der Waals surface area contributed by atoms with Gasteiger partial charge in [-0.2, -0.15) is 0 Å². The highest BCUT2D eigenvalue weighted by molar-refractivity contribution is 5.99. The van der Waals surface area contributed by atoms with E-state index in [1.807, 2.05) is 24.3 Å². The molecule has 150 valence electrons. The molecule has 2 aromatic carbocycles. The fourth-order valence-electron chi connectivity index (χ4n) is 2.98. The van der Waals surface area contributed by atoms with E-state index in [0.717, 1.165) is 11.3 Å². The van der Waals surface area contributed by atoms with Gasteiger partial charge in [0.15, 0.2) is 0 Å². The zero-order valence-corrected chi connectivity index (χ0v) is 16.1. The molecule has 0 saturated carbocycles. The van der Waals surface area contributed by atoms with Crippen molar-refractivity contribution in [2.24, 2.45) is 5.73 Å². The predicted molar refractivity (Wildman–Crippen MR) is 111 cm³/mol. The van der Waals surface area contributed by atoms with Crippen LogP contribution in [0.25, 0.3) is 10.9 Å². The van der Waals surface area contributed by atoms with Gasteiger partial charge in [-0.1, -0.05) is 12.1 Å². The van der Waals surface area contributed by atoms with Crippen molar-refractivity contribution >= 4 is 40.1 Å². The molecule has 5 N–H and O–H groups in total. The number of aromatic nitrogens is 1. The number of fused-ring (bicyclic) bond motifs is 1. The molecule has 8 heteroatoms. The van der Waals surface area contributed by atoms with Crippen molar-refractivity contribution in [1.29, 1.82) is 0 Å². The largest absolute Gasteiger partial charge is 0.477 e. The minimum Gasteiger partial charge on any atom is -0.477 e. The minimum atomic E-state index is -1.05. The Balaban J connectivity index is 1.69. The number of hydrogen-bond acceptors (Lipinski definition) is 4. The van der Waals surface area contributed by atoms with E-state index < -0.39 is 12.0 Å². The van der Waals surface area contributed by atoms with E-state index in [1.54, 1.807) is 25.2 Å². The summed E-state index contributed by atoms with van der Waals surface area (Å²) in [6.45, 7) is 1.48. The number of anilines is 2. The van der Waals surface area contributed by atoms with Gasteiger partial charge in [-0.25, -0.2) is 4.79 Å². The van der Waals surface area contributed by atoms with Gasteiger partial charge in [0.1, 0.15) is 5.69 Å². The van der Waals surface area contributed by atoms with Crippen molar-refractivity contribution in [2.45, 2.75) is 19.4 Å². The number of carboxylic acids is 1. The molecular formula is C21H22N4O4. The lowest BCUT2D eigenvalue weighted by Crippen LogP contribution is -2.37. The number of H-pyrrole nitrogens is 1. The van der Waals surface area contributed by atoms with E-state index in [1.165, 1.54) is 17.9 Å². The average Bonchev–Trinajstić information content (AvgIpc) is 3.11. The Morgan fingerprint density at radius 3 is 2.62 bits per heavy atom. The van der Waals surface area contributed by atoms with Crippen LogP contribution in [0.4, 0.5) is 11.4 Å². The Morgan fingerprint density at radius 2 is 1.93 bits per heavy atom. The molecule has 0 aliphatic rings. The lowest BCUT2D eigenvalue weighted by molar-refractivity contribution is -0.117. The van der Waals surface area contributed by atoms with Crippen molar-refractivity contribution in [3.63, 3.8) is 0 Å². The summed E-state index contributed by atoms with van der Waals surface area (Å²) in [4.78, 5) is 39.4. The van der Waals surface area contributed by atoms with Crippen molar-refractivity contribution in [1.82, 2.24) is 4.98 Å². The van der Waals surface area contributed by atoms with Gasteiger partial charge in [0.25, 0.3) is 0 Å². The lowest BCUT2D eigenvalue weighted by atomic mass is 10.0. The van der Waals surface area contributed by atoms with Crippen LogP contribution in [0.5, 0.6) is 0 Å². The quantitative estimate of drug-likeness (QED) is 0.510. The second-order valence-electron chi connectivity index (χ2n) is 6.84. The average molecular weight is 394 g/mol. The van der Waals surface area contributed by atoms with Crippen LogP contribution in [-0.2, 0) is 16.0 Å². The molecule has 0 aliphatic carbocycles. The molecule has 1 aromatic heterocycles. The lowest BCUT2D eigenvalue weighted by Gasteiger charge is -2.17. The number of rotatable bonds is 6. The normalized spacial score (nSPS) is 11.8. The summed E-state index contributed by atoms with van der Waals surface area (Å²) in [5.74, 6) is -1.49. The Morgan fingerprint density at radius 1 is 1.17 bits per heavy atom. The number of carbonyl (C=O) groups is 3. The Hall–Kier alpha value is -3.65. The van der Waals surface area contributed by atoms with E-state index in [0.29, 0.717) is 23.0 Å². The molecule has 2 amide bonds. The van der Waals surface area contributed by atoms with Crippen molar-refractivity contribution < 1.29 is 19.5 Å². The second kappa shape index (κ2) is 8.15. The molecule has 1 unspecified atom stereocenters. The molecule has 29 heavy (non-hydrogen) atoms. The van der Waals surface area contributed by atoms with Gasteiger partial charge < -0.3 is 26.0 Å². The number of hydrogen-bond donors (Lipinski definition) is 4. The van der Waals surface area contributed by atoms with E-state index in [4.69, 9.17) is 10.8 Å². The number of aromatic carboxylic acids is 1. The topological polar surface area (TPSA) is 129 Å². The van der Waals surface area contributed by atoms with Gasteiger partial charge in [-0.15, -0.1) is 0 Å². The van der Waals surface area contributed by atoms with E-state index in [2.05, 4.69) is 10.3 Å². The van der Waals surface area contributed by atoms with E-state index in [9.17, 15) is 14.4 Å².